The maximum Gasteiger partial charge on any atom is 0.0967 e. The average molecular weight is 261 g/mol. The number of benzene rings is 1. The number of hydrogen-bond acceptors (Lipinski definition) is 2. The highest BCUT2D eigenvalue weighted by Crippen LogP contribution is 2.32. The number of ether oxygens (including phenoxy) is 1. The largest absolute Gasteiger partial charge is 0.387 e. The highest BCUT2D eigenvalue weighted by molar-refractivity contribution is 6.35. The van der Waals surface area contributed by atoms with Crippen LogP contribution in [0.15, 0.2) is 18.2 Å². The molecule has 1 heterocycles. The molecule has 1 aromatic rings. The summed E-state index contributed by atoms with van der Waals surface area (Å²) in [4.78, 5) is 0. The molecule has 2 nitrogen and oxygen atoms in total. The Labute approximate surface area is 105 Å². The van der Waals surface area contributed by atoms with Crippen LogP contribution in [0.3, 0.4) is 0 Å². The van der Waals surface area contributed by atoms with Gasteiger partial charge in [-0.05, 0) is 24.6 Å². The number of halogens is 2. The Kier molecular flexibility index (Phi) is 3.45. The van der Waals surface area contributed by atoms with Gasteiger partial charge in [-0.15, -0.1) is 0 Å². The lowest BCUT2D eigenvalue weighted by Crippen LogP contribution is -2.38. The zero-order chi connectivity index (χ0) is 11.8. The Balaban J connectivity index is 2.20. The van der Waals surface area contributed by atoms with E-state index < -0.39 is 5.60 Å². The predicted molar refractivity (Wildman–Crippen MR) is 65.1 cm³/mol. The number of aliphatic hydroxyl groups is 1. The zero-order valence-electron chi connectivity index (χ0n) is 9.04. The van der Waals surface area contributed by atoms with E-state index in [-0.39, 0.29) is 6.10 Å². The normalized spacial score (nSPS) is 29.6. The Morgan fingerprint density at radius 1 is 1.50 bits per heavy atom. The monoisotopic (exact) mass is 260 g/mol. The highest BCUT2D eigenvalue weighted by Gasteiger charge is 2.39. The minimum absolute atomic E-state index is 0.153. The van der Waals surface area contributed by atoms with Gasteiger partial charge in [0.15, 0.2) is 0 Å². The molecule has 2 atom stereocenters. The van der Waals surface area contributed by atoms with Crippen LogP contribution in [0, 0.1) is 0 Å². The van der Waals surface area contributed by atoms with Crippen LogP contribution in [0.2, 0.25) is 10.0 Å². The van der Waals surface area contributed by atoms with Gasteiger partial charge in [-0.3, -0.25) is 0 Å². The molecule has 0 spiro atoms. The van der Waals surface area contributed by atoms with Crippen molar-refractivity contribution in [1.82, 2.24) is 0 Å². The minimum atomic E-state index is -0.808. The third-order valence-corrected chi connectivity index (χ3v) is 3.76. The van der Waals surface area contributed by atoms with E-state index in [1.807, 2.05) is 13.0 Å². The summed E-state index contributed by atoms with van der Waals surface area (Å²) in [6.07, 6.45) is 0.997. The first-order chi connectivity index (χ1) is 7.51. The van der Waals surface area contributed by atoms with Crippen molar-refractivity contribution in [3.8, 4) is 0 Å². The van der Waals surface area contributed by atoms with E-state index in [4.69, 9.17) is 27.9 Å². The quantitative estimate of drug-likeness (QED) is 0.886. The molecule has 0 bridgehead atoms. The third-order valence-electron chi connectivity index (χ3n) is 3.17. The molecular weight excluding hydrogens is 247 g/mol. The Hall–Kier alpha value is -0.280. The smallest absolute Gasteiger partial charge is 0.0967 e. The molecule has 1 N–H and O–H groups in total. The van der Waals surface area contributed by atoms with E-state index in [1.165, 1.54) is 0 Å². The first-order valence-electron chi connectivity index (χ1n) is 5.29. The molecule has 1 saturated heterocycles. The molecule has 1 fully saturated rings. The number of rotatable bonds is 2. The van der Waals surface area contributed by atoms with Crippen LogP contribution in [-0.4, -0.2) is 23.4 Å². The van der Waals surface area contributed by atoms with Crippen LogP contribution in [0.25, 0.3) is 0 Å². The summed E-state index contributed by atoms with van der Waals surface area (Å²) in [5, 5.41) is 11.6. The molecule has 1 aliphatic heterocycles. The van der Waals surface area contributed by atoms with Crippen molar-refractivity contribution in [2.45, 2.75) is 31.5 Å². The summed E-state index contributed by atoms with van der Waals surface area (Å²) in [5.74, 6) is 0. The highest BCUT2D eigenvalue weighted by atomic mass is 35.5. The van der Waals surface area contributed by atoms with Gasteiger partial charge in [-0.2, -0.15) is 0 Å². The Morgan fingerprint density at radius 3 is 2.81 bits per heavy atom. The van der Waals surface area contributed by atoms with Gasteiger partial charge >= 0.3 is 0 Å². The van der Waals surface area contributed by atoms with Crippen molar-refractivity contribution in [1.29, 1.82) is 0 Å². The summed E-state index contributed by atoms with van der Waals surface area (Å²) < 4.78 is 5.39. The first-order valence-corrected chi connectivity index (χ1v) is 6.05. The fourth-order valence-corrected chi connectivity index (χ4v) is 2.47. The van der Waals surface area contributed by atoms with E-state index in [0.29, 0.717) is 29.5 Å². The molecular formula is C12H14Cl2O2. The van der Waals surface area contributed by atoms with Gasteiger partial charge < -0.3 is 9.84 Å². The summed E-state index contributed by atoms with van der Waals surface area (Å²) in [6.45, 7) is 2.49. The van der Waals surface area contributed by atoms with E-state index in [0.717, 1.165) is 5.56 Å². The maximum atomic E-state index is 10.4. The molecule has 88 valence electrons. The molecule has 4 heteroatoms. The summed E-state index contributed by atoms with van der Waals surface area (Å²) in [5.41, 5.74) is 0.100. The molecule has 0 aromatic heterocycles. The van der Waals surface area contributed by atoms with E-state index in [1.54, 1.807) is 12.1 Å². The molecule has 2 rings (SSSR count). The number of hydrogen-bond donors (Lipinski definition) is 1. The lowest BCUT2D eigenvalue weighted by atomic mass is 9.89. The summed E-state index contributed by atoms with van der Waals surface area (Å²) >= 11 is 11.9. The molecule has 0 aliphatic carbocycles. The lowest BCUT2D eigenvalue weighted by Gasteiger charge is -2.26. The van der Waals surface area contributed by atoms with Gasteiger partial charge in [0.2, 0.25) is 0 Å². The van der Waals surface area contributed by atoms with E-state index in [9.17, 15) is 5.11 Å². The fraction of sp³-hybridized carbons (Fsp3) is 0.500. The van der Waals surface area contributed by atoms with Crippen molar-refractivity contribution < 1.29 is 9.84 Å². The topological polar surface area (TPSA) is 29.5 Å². The van der Waals surface area contributed by atoms with Gasteiger partial charge in [-0.25, -0.2) is 0 Å². The van der Waals surface area contributed by atoms with E-state index >= 15 is 0 Å². The second kappa shape index (κ2) is 4.53. The second-order valence-electron chi connectivity index (χ2n) is 4.28. The molecule has 2 unspecified atom stereocenters. The van der Waals surface area contributed by atoms with Crippen molar-refractivity contribution in [3.63, 3.8) is 0 Å². The van der Waals surface area contributed by atoms with Gasteiger partial charge in [0.05, 0.1) is 11.7 Å². The standard InChI is InChI=1S/C12H14Cl2O2/c1-8-12(15,4-5-16-8)7-9-2-3-10(13)6-11(9)14/h2-3,6,8,15H,4-5,7H2,1H3. The molecule has 1 aromatic carbocycles. The van der Waals surface area contributed by atoms with Crippen molar-refractivity contribution >= 4 is 23.2 Å². The van der Waals surface area contributed by atoms with Gasteiger partial charge in [-0.1, -0.05) is 29.3 Å². The van der Waals surface area contributed by atoms with Gasteiger partial charge in [0, 0.05) is 29.5 Å². The summed E-state index contributed by atoms with van der Waals surface area (Å²) in [6, 6.07) is 5.34. The average Bonchev–Trinajstić information content (AvgIpc) is 2.52. The van der Waals surface area contributed by atoms with Crippen LogP contribution in [0.5, 0.6) is 0 Å². The van der Waals surface area contributed by atoms with Crippen molar-refractivity contribution in [2.75, 3.05) is 6.61 Å². The van der Waals surface area contributed by atoms with Crippen LogP contribution in [0.1, 0.15) is 18.9 Å². The predicted octanol–water partition coefficient (Wildman–Crippen LogP) is 3.08. The SMILES string of the molecule is CC1OCCC1(O)Cc1ccc(Cl)cc1Cl. The van der Waals surface area contributed by atoms with Crippen LogP contribution in [-0.2, 0) is 11.2 Å². The molecule has 0 radical (unpaired) electrons. The van der Waals surface area contributed by atoms with Gasteiger partial charge in [0.1, 0.15) is 0 Å². The van der Waals surface area contributed by atoms with E-state index in [2.05, 4.69) is 0 Å². The minimum Gasteiger partial charge on any atom is -0.387 e. The van der Waals surface area contributed by atoms with Crippen LogP contribution in [0.4, 0.5) is 0 Å². The summed E-state index contributed by atoms with van der Waals surface area (Å²) in [7, 11) is 0. The maximum absolute atomic E-state index is 10.4. The third kappa shape index (κ3) is 2.35. The lowest BCUT2D eigenvalue weighted by molar-refractivity contribution is -0.0268. The second-order valence-corrected chi connectivity index (χ2v) is 5.12. The Morgan fingerprint density at radius 2 is 2.25 bits per heavy atom. The molecule has 16 heavy (non-hydrogen) atoms. The Bertz CT molecular complexity index is 395. The van der Waals surface area contributed by atoms with Crippen molar-refractivity contribution in [3.05, 3.63) is 33.8 Å². The molecule has 0 saturated carbocycles. The van der Waals surface area contributed by atoms with Crippen LogP contribution >= 0.6 is 23.2 Å². The molecule has 0 amide bonds. The van der Waals surface area contributed by atoms with Gasteiger partial charge in [0.25, 0.3) is 0 Å². The zero-order valence-corrected chi connectivity index (χ0v) is 10.6. The molecule has 1 aliphatic rings. The fourth-order valence-electron chi connectivity index (χ4n) is 2.00. The van der Waals surface area contributed by atoms with Crippen molar-refractivity contribution in [2.24, 2.45) is 0 Å². The first kappa shape index (κ1) is 12.2. The van der Waals surface area contributed by atoms with Crippen LogP contribution < -0.4 is 0 Å².